The van der Waals surface area contributed by atoms with Gasteiger partial charge in [-0.15, -0.1) is 0 Å². The van der Waals surface area contributed by atoms with Crippen molar-refractivity contribution in [1.29, 1.82) is 0 Å². The Morgan fingerprint density at radius 3 is 2.00 bits per heavy atom. The molecule has 0 fully saturated rings. The number of aryl methyl sites for hydroxylation is 3. The summed E-state index contributed by atoms with van der Waals surface area (Å²) in [5.41, 5.74) is 13.0. The SMILES string of the molecule is Cc1cc(C)c(-c2ccc3c(ccc4c3nc(C(C)(C)C)c3c4nc4ccc(C(C)(C)C)cn43)c2)c(C)c1. The summed E-state index contributed by atoms with van der Waals surface area (Å²) in [4.78, 5) is 10.6. The van der Waals surface area contributed by atoms with E-state index in [1.54, 1.807) is 0 Å². The first kappa shape index (κ1) is 24.6. The zero-order valence-electron chi connectivity index (χ0n) is 24.1. The van der Waals surface area contributed by atoms with Crippen LogP contribution in [0.4, 0.5) is 0 Å². The molecule has 0 aliphatic rings. The van der Waals surface area contributed by atoms with Crippen LogP contribution < -0.4 is 0 Å². The lowest BCUT2D eigenvalue weighted by atomic mass is 9.88. The highest BCUT2D eigenvalue weighted by Gasteiger charge is 2.25. The number of aromatic nitrogens is 3. The van der Waals surface area contributed by atoms with Crippen LogP contribution in [-0.2, 0) is 10.8 Å². The van der Waals surface area contributed by atoms with E-state index in [4.69, 9.17) is 9.97 Å². The van der Waals surface area contributed by atoms with Crippen molar-refractivity contribution in [3.8, 4) is 11.1 Å². The summed E-state index contributed by atoms with van der Waals surface area (Å²) in [6.07, 6.45) is 2.26. The van der Waals surface area contributed by atoms with Crippen molar-refractivity contribution in [2.24, 2.45) is 0 Å². The van der Waals surface area contributed by atoms with E-state index in [0.29, 0.717) is 0 Å². The van der Waals surface area contributed by atoms with Gasteiger partial charge in [-0.3, -0.25) is 4.40 Å². The van der Waals surface area contributed by atoms with Crippen LogP contribution in [0.15, 0.2) is 60.8 Å². The Kier molecular flexibility index (Phi) is 5.27. The van der Waals surface area contributed by atoms with Crippen LogP contribution in [0, 0.1) is 20.8 Å². The number of benzene rings is 3. The van der Waals surface area contributed by atoms with Gasteiger partial charge in [-0.05, 0) is 77.6 Å². The summed E-state index contributed by atoms with van der Waals surface area (Å²) in [5.74, 6) is 0. The predicted octanol–water partition coefficient (Wildman–Crippen LogP) is 9.38. The number of imidazole rings is 1. The molecule has 0 saturated carbocycles. The molecule has 0 spiro atoms. The lowest BCUT2D eigenvalue weighted by Gasteiger charge is -2.22. The maximum absolute atomic E-state index is 5.41. The first-order chi connectivity index (χ1) is 17.8. The second kappa shape index (κ2) is 8.14. The normalized spacial score (nSPS) is 12.9. The quantitative estimate of drug-likeness (QED) is 0.211. The van der Waals surface area contributed by atoms with Crippen molar-refractivity contribution < 1.29 is 0 Å². The molecule has 0 amide bonds. The Morgan fingerprint density at radius 2 is 1.34 bits per heavy atom. The van der Waals surface area contributed by atoms with Gasteiger partial charge in [0.25, 0.3) is 0 Å². The second-order valence-corrected chi connectivity index (χ2v) is 13.1. The molecule has 3 heterocycles. The van der Waals surface area contributed by atoms with Gasteiger partial charge < -0.3 is 0 Å². The molecule has 3 aromatic heterocycles. The van der Waals surface area contributed by atoms with Crippen LogP contribution >= 0.6 is 0 Å². The third-order valence-corrected chi connectivity index (χ3v) is 7.86. The Labute approximate surface area is 225 Å². The van der Waals surface area contributed by atoms with E-state index in [-0.39, 0.29) is 10.8 Å². The van der Waals surface area contributed by atoms with Gasteiger partial charge in [0, 0.05) is 22.4 Å². The number of nitrogens with zero attached hydrogens (tertiary/aromatic N) is 3. The molecule has 0 atom stereocenters. The van der Waals surface area contributed by atoms with Crippen molar-refractivity contribution in [3.05, 3.63) is 88.7 Å². The third-order valence-electron chi connectivity index (χ3n) is 7.86. The van der Waals surface area contributed by atoms with Crippen LogP contribution in [0.5, 0.6) is 0 Å². The molecular formula is C35H37N3. The molecule has 6 rings (SSSR count). The molecule has 3 heteroatoms. The third kappa shape index (κ3) is 3.79. The van der Waals surface area contributed by atoms with Crippen molar-refractivity contribution in [3.63, 3.8) is 0 Å². The fourth-order valence-electron chi connectivity index (χ4n) is 6.01. The zero-order valence-corrected chi connectivity index (χ0v) is 24.1. The highest BCUT2D eigenvalue weighted by molar-refractivity contribution is 6.15. The first-order valence-electron chi connectivity index (χ1n) is 13.6. The second-order valence-electron chi connectivity index (χ2n) is 13.1. The highest BCUT2D eigenvalue weighted by Crippen LogP contribution is 2.38. The van der Waals surface area contributed by atoms with E-state index in [0.717, 1.165) is 33.3 Å². The fourth-order valence-corrected chi connectivity index (χ4v) is 6.01. The zero-order chi connectivity index (χ0) is 27.1. The smallest absolute Gasteiger partial charge is 0.138 e. The monoisotopic (exact) mass is 499 g/mol. The van der Waals surface area contributed by atoms with Crippen molar-refractivity contribution in [2.75, 3.05) is 0 Å². The molecule has 0 bridgehead atoms. The van der Waals surface area contributed by atoms with Gasteiger partial charge in [0.2, 0.25) is 0 Å². The highest BCUT2D eigenvalue weighted by atomic mass is 15.0. The molecule has 0 saturated heterocycles. The van der Waals surface area contributed by atoms with Crippen LogP contribution in [0.25, 0.3) is 49.5 Å². The Bertz CT molecular complexity index is 1880. The molecule has 0 radical (unpaired) electrons. The molecule has 0 N–H and O–H groups in total. The average molecular weight is 500 g/mol. The summed E-state index contributed by atoms with van der Waals surface area (Å²) in [7, 11) is 0. The summed E-state index contributed by atoms with van der Waals surface area (Å²) >= 11 is 0. The fraction of sp³-hybridized carbons (Fsp3) is 0.314. The van der Waals surface area contributed by atoms with Gasteiger partial charge in [-0.25, -0.2) is 9.97 Å². The Balaban J connectivity index is 1.68. The van der Waals surface area contributed by atoms with E-state index in [1.165, 1.54) is 44.2 Å². The van der Waals surface area contributed by atoms with Gasteiger partial charge in [0.1, 0.15) is 11.2 Å². The van der Waals surface area contributed by atoms with Gasteiger partial charge in [0.15, 0.2) is 0 Å². The minimum absolute atomic E-state index is 0.0546. The topological polar surface area (TPSA) is 30.2 Å². The van der Waals surface area contributed by atoms with Gasteiger partial charge in [0.05, 0.1) is 16.7 Å². The standard InChI is InChI=1S/C35H37N3/c1-20-16-21(2)29(22(3)17-20)24-11-13-26-23(18-24)10-14-27-30(26)37-33(35(7,8)9)32-31(27)36-28-15-12-25(19-38(28)32)34(4,5)6/h10-19H,1-9H3. The molecule has 0 aliphatic heterocycles. The predicted molar refractivity (Wildman–Crippen MR) is 163 cm³/mol. The number of fused-ring (bicyclic) bond motifs is 7. The number of pyridine rings is 2. The molecule has 0 unspecified atom stereocenters. The van der Waals surface area contributed by atoms with Crippen molar-refractivity contribution in [1.82, 2.24) is 14.4 Å². The summed E-state index contributed by atoms with van der Waals surface area (Å²) < 4.78 is 2.26. The van der Waals surface area contributed by atoms with Gasteiger partial charge in [-0.2, -0.15) is 0 Å². The van der Waals surface area contributed by atoms with Crippen LogP contribution in [-0.4, -0.2) is 14.4 Å². The minimum atomic E-state index is -0.141. The van der Waals surface area contributed by atoms with Gasteiger partial charge >= 0.3 is 0 Å². The molecule has 6 aromatic rings. The van der Waals surface area contributed by atoms with Crippen LogP contribution in [0.3, 0.4) is 0 Å². The Hall–Kier alpha value is -3.72. The molecule has 0 aliphatic carbocycles. The minimum Gasteiger partial charge on any atom is -0.298 e. The van der Waals surface area contributed by atoms with Crippen molar-refractivity contribution >= 4 is 38.4 Å². The lowest BCUT2D eigenvalue weighted by Crippen LogP contribution is -2.16. The molecular weight excluding hydrogens is 462 g/mol. The maximum Gasteiger partial charge on any atom is 0.138 e. The van der Waals surface area contributed by atoms with Crippen LogP contribution in [0.1, 0.15) is 69.5 Å². The maximum atomic E-state index is 5.41. The summed E-state index contributed by atoms with van der Waals surface area (Å²) in [6, 6.07) is 20.2. The molecule has 38 heavy (non-hydrogen) atoms. The molecule has 3 nitrogen and oxygen atoms in total. The van der Waals surface area contributed by atoms with E-state index in [9.17, 15) is 0 Å². The summed E-state index contributed by atoms with van der Waals surface area (Å²) in [6.45, 7) is 20.1. The Morgan fingerprint density at radius 1 is 0.658 bits per heavy atom. The van der Waals surface area contributed by atoms with Crippen LogP contribution in [0.2, 0.25) is 0 Å². The number of rotatable bonds is 1. The average Bonchev–Trinajstić information content (AvgIpc) is 3.20. The largest absolute Gasteiger partial charge is 0.298 e. The van der Waals surface area contributed by atoms with E-state index in [2.05, 4.69) is 128 Å². The van der Waals surface area contributed by atoms with E-state index >= 15 is 0 Å². The first-order valence-corrected chi connectivity index (χ1v) is 13.6. The van der Waals surface area contributed by atoms with E-state index in [1.807, 2.05) is 0 Å². The molecule has 3 aromatic carbocycles. The van der Waals surface area contributed by atoms with Gasteiger partial charge in [-0.1, -0.05) is 83.5 Å². The number of hydrogen-bond acceptors (Lipinski definition) is 2. The number of hydrogen-bond donors (Lipinski definition) is 0. The summed E-state index contributed by atoms with van der Waals surface area (Å²) in [5, 5.41) is 3.49. The lowest BCUT2D eigenvalue weighted by molar-refractivity contribution is 0.575. The van der Waals surface area contributed by atoms with Crippen molar-refractivity contribution in [2.45, 2.75) is 73.1 Å². The van der Waals surface area contributed by atoms with E-state index < -0.39 is 0 Å². The molecule has 192 valence electrons.